The first-order valence-corrected chi connectivity index (χ1v) is 9.36. The molecule has 0 aromatic heterocycles. The summed E-state index contributed by atoms with van der Waals surface area (Å²) in [5.41, 5.74) is 2.59. The van der Waals surface area contributed by atoms with Crippen LogP contribution in [0.15, 0.2) is 91.0 Å². The number of hydrogen-bond donors (Lipinski definition) is 0. The molecule has 142 valence electrons. The predicted octanol–water partition coefficient (Wildman–Crippen LogP) is 6.24. The second-order valence-corrected chi connectivity index (χ2v) is 6.57. The summed E-state index contributed by atoms with van der Waals surface area (Å²) in [7, 11) is 1.56. The van der Waals surface area contributed by atoms with E-state index in [9.17, 15) is 4.79 Å². The highest BCUT2D eigenvalue weighted by Crippen LogP contribution is 2.30. The second-order valence-electron chi connectivity index (χ2n) is 6.57. The average Bonchev–Trinajstić information content (AvgIpc) is 2.78. The Morgan fingerprint density at radius 1 is 0.759 bits per heavy atom. The van der Waals surface area contributed by atoms with E-state index in [4.69, 9.17) is 9.47 Å². The van der Waals surface area contributed by atoms with Gasteiger partial charge in [-0.15, -0.1) is 0 Å². The number of carbonyl (C=O) groups is 1. The van der Waals surface area contributed by atoms with Gasteiger partial charge in [0.15, 0.2) is 11.5 Å². The first kappa shape index (κ1) is 18.5. The number of carbonyl (C=O) groups excluding carboxylic acids is 1. The maximum absolute atomic E-state index is 12.3. The van der Waals surface area contributed by atoms with Crippen LogP contribution in [0.25, 0.3) is 22.9 Å². The van der Waals surface area contributed by atoms with Crippen LogP contribution in [0.1, 0.15) is 21.5 Å². The number of esters is 1. The van der Waals surface area contributed by atoms with Crippen LogP contribution >= 0.6 is 0 Å². The van der Waals surface area contributed by atoms with E-state index in [0.717, 1.165) is 11.1 Å². The Balaban J connectivity index is 1.58. The summed E-state index contributed by atoms with van der Waals surface area (Å²) in [6, 6.07) is 28.9. The zero-order chi connectivity index (χ0) is 20.1. The molecular formula is C26H20O3. The molecule has 0 unspecified atom stereocenters. The fraction of sp³-hybridized carbons (Fsp3) is 0.0385. The van der Waals surface area contributed by atoms with E-state index in [2.05, 4.69) is 36.4 Å². The fourth-order valence-corrected chi connectivity index (χ4v) is 3.19. The predicted molar refractivity (Wildman–Crippen MR) is 117 cm³/mol. The number of rotatable bonds is 5. The first-order chi connectivity index (χ1) is 14.2. The van der Waals surface area contributed by atoms with Gasteiger partial charge in [-0.25, -0.2) is 4.79 Å². The van der Waals surface area contributed by atoms with Crippen molar-refractivity contribution >= 4 is 28.9 Å². The fourth-order valence-electron chi connectivity index (χ4n) is 3.19. The smallest absolute Gasteiger partial charge is 0.343 e. The Labute approximate surface area is 169 Å². The lowest BCUT2D eigenvalue weighted by Gasteiger charge is -2.10. The van der Waals surface area contributed by atoms with Crippen LogP contribution in [0.2, 0.25) is 0 Å². The van der Waals surface area contributed by atoms with Crippen LogP contribution < -0.4 is 9.47 Å². The van der Waals surface area contributed by atoms with Crippen molar-refractivity contribution in [1.82, 2.24) is 0 Å². The van der Waals surface area contributed by atoms with Crippen LogP contribution in [-0.2, 0) is 0 Å². The molecule has 0 aliphatic heterocycles. The minimum Gasteiger partial charge on any atom is -0.493 e. The molecular weight excluding hydrogens is 360 g/mol. The molecule has 0 aliphatic rings. The molecule has 0 bridgehead atoms. The van der Waals surface area contributed by atoms with Gasteiger partial charge in [0.05, 0.1) is 12.7 Å². The van der Waals surface area contributed by atoms with Gasteiger partial charge in [-0.05, 0) is 46.2 Å². The molecule has 0 heterocycles. The zero-order valence-electron chi connectivity index (χ0n) is 16.0. The van der Waals surface area contributed by atoms with Crippen LogP contribution in [-0.4, -0.2) is 13.1 Å². The minimum absolute atomic E-state index is 0.392. The summed E-state index contributed by atoms with van der Waals surface area (Å²) in [5.74, 6) is 0.487. The molecule has 0 radical (unpaired) electrons. The third kappa shape index (κ3) is 4.19. The number of fused-ring (bicyclic) bond motifs is 1. The number of methoxy groups -OCH3 is 1. The highest BCUT2D eigenvalue weighted by Gasteiger charge is 2.12. The Hall–Kier alpha value is -3.85. The second kappa shape index (κ2) is 8.44. The molecule has 4 aromatic carbocycles. The van der Waals surface area contributed by atoms with E-state index >= 15 is 0 Å². The van der Waals surface area contributed by atoms with Crippen LogP contribution in [0.3, 0.4) is 0 Å². The standard InChI is InChI=1S/C26H20O3/c1-28-25-18-19(14-16-21-12-7-11-20-8-5-6-13-23(20)21)15-17-24(25)29-26(27)22-9-3-2-4-10-22/h2-18H,1H3. The Morgan fingerprint density at radius 3 is 2.34 bits per heavy atom. The van der Waals surface area contributed by atoms with Crippen LogP contribution in [0, 0.1) is 0 Å². The normalized spacial score (nSPS) is 10.9. The van der Waals surface area contributed by atoms with Crippen molar-refractivity contribution in [3.8, 4) is 11.5 Å². The van der Waals surface area contributed by atoms with Crippen molar-refractivity contribution in [2.24, 2.45) is 0 Å². The highest BCUT2D eigenvalue weighted by atomic mass is 16.6. The molecule has 4 aromatic rings. The average molecular weight is 380 g/mol. The number of ether oxygens (including phenoxy) is 2. The van der Waals surface area contributed by atoms with E-state index in [1.165, 1.54) is 10.8 Å². The molecule has 0 saturated carbocycles. The zero-order valence-corrected chi connectivity index (χ0v) is 16.0. The molecule has 0 fully saturated rings. The summed E-state index contributed by atoms with van der Waals surface area (Å²) in [6.45, 7) is 0. The molecule has 0 amide bonds. The van der Waals surface area contributed by atoms with Crippen molar-refractivity contribution < 1.29 is 14.3 Å². The summed E-state index contributed by atoms with van der Waals surface area (Å²) in [4.78, 5) is 12.3. The van der Waals surface area contributed by atoms with Gasteiger partial charge in [0.25, 0.3) is 0 Å². The molecule has 0 N–H and O–H groups in total. The number of hydrogen-bond acceptors (Lipinski definition) is 3. The first-order valence-electron chi connectivity index (χ1n) is 9.36. The largest absolute Gasteiger partial charge is 0.493 e. The van der Waals surface area contributed by atoms with Crippen molar-refractivity contribution in [1.29, 1.82) is 0 Å². The van der Waals surface area contributed by atoms with Gasteiger partial charge < -0.3 is 9.47 Å². The maximum Gasteiger partial charge on any atom is 0.343 e. The number of benzene rings is 4. The maximum atomic E-state index is 12.3. The lowest BCUT2D eigenvalue weighted by Crippen LogP contribution is -2.09. The molecule has 0 saturated heterocycles. The summed E-state index contributed by atoms with van der Waals surface area (Å²) < 4.78 is 10.9. The van der Waals surface area contributed by atoms with Gasteiger partial charge in [-0.3, -0.25) is 0 Å². The third-order valence-corrected chi connectivity index (χ3v) is 4.68. The monoisotopic (exact) mass is 380 g/mol. The van der Waals surface area contributed by atoms with Gasteiger partial charge in [-0.2, -0.15) is 0 Å². The van der Waals surface area contributed by atoms with Crippen molar-refractivity contribution in [2.45, 2.75) is 0 Å². The van der Waals surface area contributed by atoms with Gasteiger partial charge in [-0.1, -0.05) is 78.9 Å². The quantitative estimate of drug-likeness (QED) is 0.234. The summed E-state index contributed by atoms with van der Waals surface area (Å²) in [5, 5.41) is 2.40. The van der Waals surface area contributed by atoms with Crippen molar-refractivity contribution in [3.63, 3.8) is 0 Å². The Kier molecular flexibility index (Phi) is 5.39. The van der Waals surface area contributed by atoms with E-state index < -0.39 is 5.97 Å². The molecule has 0 atom stereocenters. The minimum atomic E-state index is -0.414. The SMILES string of the molecule is COc1cc(C=Cc2cccc3ccccc23)ccc1OC(=O)c1ccccc1. The van der Waals surface area contributed by atoms with Crippen LogP contribution in [0.4, 0.5) is 0 Å². The van der Waals surface area contributed by atoms with Gasteiger partial charge >= 0.3 is 5.97 Å². The van der Waals surface area contributed by atoms with Gasteiger partial charge in [0.2, 0.25) is 0 Å². The summed E-state index contributed by atoms with van der Waals surface area (Å²) in [6.07, 6.45) is 4.10. The summed E-state index contributed by atoms with van der Waals surface area (Å²) >= 11 is 0. The van der Waals surface area contributed by atoms with E-state index in [0.29, 0.717) is 17.1 Å². The molecule has 0 spiro atoms. The van der Waals surface area contributed by atoms with Crippen LogP contribution in [0.5, 0.6) is 11.5 Å². The lowest BCUT2D eigenvalue weighted by molar-refractivity contribution is 0.0729. The van der Waals surface area contributed by atoms with E-state index in [-0.39, 0.29) is 0 Å². The highest BCUT2D eigenvalue weighted by molar-refractivity contribution is 5.93. The molecule has 3 nitrogen and oxygen atoms in total. The van der Waals surface area contributed by atoms with Crippen molar-refractivity contribution in [3.05, 3.63) is 108 Å². The Bertz CT molecular complexity index is 1170. The van der Waals surface area contributed by atoms with Crippen molar-refractivity contribution in [2.75, 3.05) is 7.11 Å². The third-order valence-electron chi connectivity index (χ3n) is 4.68. The van der Waals surface area contributed by atoms with Gasteiger partial charge in [0, 0.05) is 0 Å². The lowest BCUT2D eigenvalue weighted by atomic mass is 10.0. The van der Waals surface area contributed by atoms with E-state index in [1.54, 1.807) is 37.4 Å². The van der Waals surface area contributed by atoms with Gasteiger partial charge in [0.1, 0.15) is 0 Å². The molecule has 4 rings (SSSR count). The Morgan fingerprint density at radius 2 is 1.52 bits per heavy atom. The topological polar surface area (TPSA) is 35.5 Å². The molecule has 29 heavy (non-hydrogen) atoms. The van der Waals surface area contributed by atoms with E-state index in [1.807, 2.05) is 36.4 Å². The molecule has 0 aliphatic carbocycles. The molecule has 3 heteroatoms.